The molecule has 3 rings (SSSR count). The molecule has 1 aromatic heterocycles. The minimum atomic E-state index is -0.691. The van der Waals surface area contributed by atoms with Gasteiger partial charge in [0.15, 0.2) is 5.13 Å². The number of aryl methyl sites for hydroxylation is 1. The van der Waals surface area contributed by atoms with Gasteiger partial charge in [0, 0.05) is 22.6 Å². The lowest BCUT2D eigenvalue weighted by Crippen LogP contribution is -2.27. The van der Waals surface area contributed by atoms with E-state index in [1.165, 1.54) is 17.4 Å². The highest BCUT2D eigenvalue weighted by Gasteiger charge is 2.17. The van der Waals surface area contributed by atoms with Crippen LogP contribution in [0.3, 0.4) is 0 Å². The van der Waals surface area contributed by atoms with Crippen molar-refractivity contribution in [3.8, 4) is 17.0 Å². The summed E-state index contributed by atoms with van der Waals surface area (Å²) in [6, 6.07) is 12.4. The molecule has 0 aliphatic heterocycles. The summed E-state index contributed by atoms with van der Waals surface area (Å²) in [7, 11) is 1.59. The summed E-state index contributed by atoms with van der Waals surface area (Å²) < 4.78 is 10.8. The normalized spacial score (nSPS) is 11.7. The first-order chi connectivity index (χ1) is 14.4. The zero-order valence-corrected chi connectivity index (χ0v) is 17.6. The van der Waals surface area contributed by atoms with Crippen molar-refractivity contribution in [2.45, 2.75) is 26.6 Å². The molecule has 9 heteroatoms. The molecule has 1 unspecified atom stereocenters. The van der Waals surface area contributed by atoms with Crippen LogP contribution in [0.15, 0.2) is 47.8 Å². The molecule has 0 saturated carbocycles. The molecule has 2 aromatic carbocycles. The van der Waals surface area contributed by atoms with E-state index in [9.17, 15) is 14.9 Å². The fourth-order valence-electron chi connectivity index (χ4n) is 2.70. The number of anilines is 1. The van der Waals surface area contributed by atoms with Crippen molar-refractivity contribution in [3.63, 3.8) is 0 Å². The minimum absolute atomic E-state index is 0.0330. The number of thiazole rings is 1. The highest BCUT2D eigenvalue weighted by Crippen LogP contribution is 2.29. The monoisotopic (exact) mass is 427 g/mol. The number of ether oxygens (including phenoxy) is 2. The van der Waals surface area contributed by atoms with Gasteiger partial charge < -0.3 is 9.47 Å². The Morgan fingerprint density at radius 1 is 1.30 bits per heavy atom. The first-order valence-electron chi connectivity index (χ1n) is 9.13. The van der Waals surface area contributed by atoms with E-state index in [1.807, 2.05) is 24.3 Å². The van der Waals surface area contributed by atoms with Crippen LogP contribution in [-0.4, -0.2) is 29.0 Å². The fourth-order valence-corrected chi connectivity index (χ4v) is 3.42. The summed E-state index contributed by atoms with van der Waals surface area (Å²) in [6.45, 7) is 3.61. The molecule has 0 saturated heterocycles. The van der Waals surface area contributed by atoms with Crippen molar-refractivity contribution in [3.05, 3.63) is 69.1 Å². The second kappa shape index (κ2) is 9.47. The molecule has 0 radical (unpaired) electrons. The summed E-state index contributed by atoms with van der Waals surface area (Å²) in [5, 5.41) is 16.0. The Morgan fingerprint density at radius 3 is 2.83 bits per heavy atom. The molecule has 0 spiro atoms. The Hall–Kier alpha value is -3.30. The van der Waals surface area contributed by atoms with Crippen LogP contribution in [0.5, 0.6) is 5.75 Å². The van der Waals surface area contributed by atoms with E-state index >= 15 is 0 Å². The van der Waals surface area contributed by atoms with E-state index < -0.39 is 11.0 Å². The van der Waals surface area contributed by atoms with Crippen LogP contribution in [-0.2, 0) is 16.1 Å². The number of nitrogens with zero attached hydrogens (tertiary/aromatic N) is 2. The van der Waals surface area contributed by atoms with E-state index in [0.29, 0.717) is 22.0 Å². The minimum Gasteiger partial charge on any atom is -0.497 e. The molecular formula is C21H21N3O5S. The smallest absolute Gasteiger partial charge is 0.272 e. The number of carbonyl (C=O) groups is 1. The number of amides is 1. The van der Waals surface area contributed by atoms with Crippen molar-refractivity contribution in [2.24, 2.45) is 0 Å². The first-order valence-corrected chi connectivity index (χ1v) is 10.0. The van der Waals surface area contributed by atoms with Crippen LogP contribution in [0.2, 0.25) is 0 Å². The van der Waals surface area contributed by atoms with Gasteiger partial charge in [0.2, 0.25) is 0 Å². The van der Waals surface area contributed by atoms with Gasteiger partial charge in [-0.15, -0.1) is 11.3 Å². The maximum Gasteiger partial charge on any atom is 0.272 e. The van der Waals surface area contributed by atoms with Crippen molar-refractivity contribution in [1.29, 1.82) is 0 Å². The Labute approximate surface area is 177 Å². The van der Waals surface area contributed by atoms with Crippen LogP contribution in [0.4, 0.5) is 10.8 Å². The number of nitro benzene ring substituents is 1. The van der Waals surface area contributed by atoms with Crippen molar-refractivity contribution >= 4 is 28.1 Å². The predicted octanol–water partition coefficient (Wildman–Crippen LogP) is 4.58. The zero-order valence-electron chi connectivity index (χ0n) is 16.7. The van der Waals surface area contributed by atoms with E-state index in [-0.39, 0.29) is 18.2 Å². The van der Waals surface area contributed by atoms with Gasteiger partial charge in [-0.1, -0.05) is 24.3 Å². The van der Waals surface area contributed by atoms with Gasteiger partial charge in [0.1, 0.15) is 11.9 Å². The predicted molar refractivity (Wildman–Crippen MR) is 115 cm³/mol. The summed E-state index contributed by atoms with van der Waals surface area (Å²) in [4.78, 5) is 27.5. The van der Waals surface area contributed by atoms with Crippen LogP contribution in [0.25, 0.3) is 11.3 Å². The Bertz CT molecular complexity index is 1070. The molecule has 1 N–H and O–H groups in total. The van der Waals surface area contributed by atoms with Gasteiger partial charge in [0.05, 0.1) is 24.3 Å². The fraction of sp³-hybridized carbons (Fsp3) is 0.238. The number of rotatable bonds is 8. The van der Waals surface area contributed by atoms with Crippen LogP contribution < -0.4 is 10.1 Å². The number of methoxy groups -OCH3 is 1. The molecule has 8 nitrogen and oxygen atoms in total. The second-order valence-corrected chi connectivity index (χ2v) is 7.45. The SMILES string of the molecule is COc1cccc(COC(C)C(=O)Nc2nc(-c3ccc(C)c([N+](=O)[O-])c3)cs2)c1. The second-order valence-electron chi connectivity index (χ2n) is 6.59. The van der Waals surface area contributed by atoms with Crippen LogP contribution in [0, 0.1) is 17.0 Å². The number of nitrogens with one attached hydrogen (secondary N) is 1. The largest absolute Gasteiger partial charge is 0.497 e. The quantitative estimate of drug-likeness (QED) is 0.417. The number of hydrogen-bond acceptors (Lipinski definition) is 7. The lowest BCUT2D eigenvalue weighted by Gasteiger charge is -2.12. The molecule has 0 fully saturated rings. The molecule has 1 heterocycles. The lowest BCUT2D eigenvalue weighted by molar-refractivity contribution is -0.385. The van der Waals surface area contributed by atoms with Gasteiger partial charge in [-0.3, -0.25) is 20.2 Å². The molecule has 30 heavy (non-hydrogen) atoms. The van der Waals surface area contributed by atoms with Crippen molar-refractivity contribution in [1.82, 2.24) is 4.98 Å². The van der Waals surface area contributed by atoms with E-state index in [0.717, 1.165) is 11.3 Å². The van der Waals surface area contributed by atoms with Gasteiger partial charge in [-0.25, -0.2) is 4.98 Å². The molecule has 0 aliphatic carbocycles. The van der Waals surface area contributed by atoms with Crippen molar-refractivity contribution in [2.75, 3.05) is 12.4 Å². The molecule has 1 atom stereocenters. The van der Waals surface area contributed by atoms with E-state index in [1.54, 1.807) is 38.5 Å². The molecule has 1 amide bonds. The van der Waals surface area contributed by atoms with Gasteiger partial charge in [-0.05, 0) is 31.5 Å². The number of hydrogen-bond donors (Lipinski definition) is 1. The third-order valence-electron chi connectivity index (χ3n) is 4.44. The third-order valence-corrected chi connectivity index (χ3v) is 5.20. The number of aromatic nitrogens is 1. The zero-order chi connectivity index (χ0) is 21.7. The van der Waals surface area contributed by atoms with Crippen LogP contribution >= 0.6 is 11.3 Å². The summed E-state index contributed by atoms with van der Waals surface area (Å²) in [5.41, 5.74) is 2.68. The van der Waals surface area contributed by atoms with Gasteiger partial charge >= 0.3 is 0 Å². The highest BCUT2D eigenvalue weighted by molar-refractivity contribution is 7.14. The first kappa shape index (κ1) is 21.4. The van der Waals surface area contributed by atoms with Crippen LogP contribution in [0.1, 0.15) is 18.1 Å². The molecular weight excluding hydrogens is 406 g/mol. The highest BCUT2D eigenvalue weighted by atomic mass is 32.1. The third kappa shape index (κ3) is 5.19. The topological polar surface area (TPSA) is 104 Å². The Morgan fingerprint density at radius 2 is 2.10 bits per heavy atom. The number of benzene rings is 2. The maximum atomic E-state index is 12.4. The lowest BCUT2D eigenvalue weighted by atomic mass is 10.1. The molecule has 3 aromatic rings. The summed E-state index contributed by atoms with van der Waals surface area (Å²) in [6.07, 6.45) is -0.691. The Balaban J connectivity index is 1.61. The standard InChI is InChI=1S/C21H21N3O5S/c1-13-7-8-16(10-19(13)24(26)27)18-12-30-21(22-18)23-20(25)14(2)29-11-15-5-4-6-17(9-15)28-3/h4-10,12,14H,11H2,1-3H3,(H,22,23,25). The summed E-state index contributed by atoms with van der Waals surface area (Å²) in [5.74, 6) is 0.397. The van der Waals surface area contributed by atoms with E-state index in [2.05, 4.69) is 10.3 Å². The van der Waals surface area contributed by atoms with E-state index in [4.69, 9.17) is 9.47 Å². The Kier molecular flexibility index (Phi) is 6.76. The average molecular weight is 427 g/mol. The average Bonchev–Trinajstić information content (AvgIpc) is 3.20. The molecule has 0 bridgehead atoms. The number of nitro groups is 1. The van der Waals surface area contributed by atoms with Crippen molar-refractivity contribution < 1.29 is 19.2 Å². The van der Waals surface area contributed by atoms with Gasteiger partial charge in [-0.2, -0.15) is 0 Å². The molecule has 156 valence electrons. The maximum absolute atomic E-state index is 12.4. The number of carbonyl (C=O) groups excluding carboxylic acids is 1. The summed E-state index contributed by atoms with van der Waals surface area (Å²) >= 11 is 1.24. The van der Waals surface area contributed by atoms with Gasteiger partial charge in [0.25, 0.3) is 11.6 Å². The molecule has 0 aliphatic rings.